The van der Waals surface area contributed by atoms with Crippen LogP contribution in [-0.2, 0) is 17.8 Å². The number of halogens is 1. The van der Waals surface area contributed by atoms with Crippen LogP contribution in [0.3, 0.4) is 0 Å². The van der Waals surface area contributed by atoms with Gasteiger partial charge in [-0.3, -0.25) is 4.79 Å². The summed E-state index contributed by atoms with van der Waals surface area (Å²) in [5.74, 6) is 1.80. The average Bonchev–Trinajstić information content (AvgIpc) is 3.41. The molecule has 0 atom stereocenters. The second-order valence-electron chi connectivity index (χ2n) is 7.89. The molecule has 1 aliphatic carbocycles. The molecule has 0 radical (unpaired) electrons. The van der Waals surface area contributed by atoms with E-state index in [1.807, 2.05) is 35.7 Å². The number of carbonyl (C=O) groups excluding carboxylic acids is 1. The first kappa shape index (κ1) is 23.0. The predicted octanol–water partition coefficient (Wildman–Crippen LogP) is 6.09. The maximum absolute atomic E-state index is 12.5. The maximum Gasteiger partial charge on any atom is 0.236 e. The van der Waals surface area contributed by atoms with Gasteiger partial charge in [0.25, 0.3) is 0 Å². The summed E-state index contributed by atoms with van der Waals surface area (Å²) in [5.41, 5.74) is 1.77. The lowest BCUT2D eigenvalue weighted by Crippen LogP contribution is -2.15. The van der Waals surface area contributed by atoms with Crippen molar-refractivity contribution in [1.82, 2.24) is 19.7 Å². The Balaban J connectivity index is 1.34. The van der Waals surface area contributed by atoms with E-state index < -0.39 is 0 Å². The van der Waals surface area contributed by atoms with Crippen LogP contribution < -0.4 is 5.32 Å². The van der Waals surface area contributed by atoms with Crippen LogP contribution in [0.1, 0.15) is 37.9 Å². The van der Waals surface area contributed by atoms with Gasteiger partial charge in [-0.15, -0.1) is 28.1 Å². The number of hydrogen-bond donors (Lipinski definition) is 1. The molecule has 0 bridgehead atoms. The molecule has 1 amide bonds. The summed E-state index contributed by atoms with van der Waals surface area (Å²) >= 11 is 8.74. The Hall–Kier alpha value is -2.16. The van der Waals surface area contributed by atoms with E-state index in [9.17, 15) is 4.79 Å². The van der Waals surface area contributed by atoms with E-state index in [0.717, 1.165) is 28.7 Å². The van der Waals surface area contributed by atoms with E-state index in [2.05, 4.69) is 31.6 Å². The number of benzene rings is 1. The number of thioether (sulfide) groups is 1. The molecule has 1 saturated carbocycles. The summed E-state index contributed by atoms with van der Waals surface area (Å²) in [6.45, 7) is 4.52. The fourth-order valence-electron chi connectivity index (χ4n) is 3.91. The molecule has 1 N–H and O–H groups in total. The number of thiazole rings is 1. The molecule has 9 heteroatoms. The molecule has 0 aliphatic heterocycles. The van der Waals surface area contributed by atoms with Gasteiger partial charge in [-0.05, 0) is 18.1 Å². The Bertz CT molecular complexity index is 1060. The van der Waals surface area contributed by atoms with E-state index in [4.69, 9.17) is 11.6 Å². The number of amides is 1. The van der Waals surface area contributed by atoms with Gasteiger partial charge in [0.05, 0.1) is 11.4 Å². The lowest BCUT2D eigenvalue weighted by molar-refractivity contribution is -0.113. The summed E-state index contributed by atoms with van der Waals surface area (Å²) in [4.78, 5) is 17.0. The molecular weight excluding hydrogens is 462 g/mol. The molecule has 3 aromatic rings. The molecule has 168 valence electrons. The normalized spacial score (nSPS) is 14.4. The van der Waals surface area contributed by atoms with Gasteiger partial charge in [0.15, 0.2) is 10.3 Å². The lowest BCUT2D eigenvalue weighted by atomic mass is 9.87. The molecular formula is C23H26ClN5OS2. The van der Waals surface area contributed by atoms with E-state index in [1.54, 1.807) is 0 Å². The van der Waals surface area contributed by atoms with Crippen molar-refractivity contribution in [2.24, 2.45) is 5.92 Å². The van der Waals surface area contributed by atoms with Crippen molar-refractivity contribution in [3.8, 4) is 11.3 Å². The van der Waals surface area contributed by atoms with Gasteiger partial charge in [0, 0.05) is 28.9 Å². The summed E-state index contributed by atoms with van der Waals surface area (Å²) in [6.07, 6.45) is 9.27. The molecule has 0 unspecified atom stereocenters. The molecule has 0 saturated heterocycles. The molecule has 1 aliphatic rings. The van der Waals surface area contributed by atoms with Crippen LogP contribution in [0.2, 0.25) is 5.02 Å². The summed E-state index contributed by atoms with van der Waals surface area (Å²) in [6, 6.07) is 7.48. The minimum Gasteiger partial charge on any atom is -0.302 e. The molecule has 2 aromatic heterocycles. The lowest BCUT2D eigenvalue weighted by Gasteiger charge is -2.21. The zero-order chi connectivity index (χ0) is 22.3. The largest absolute Gasteiger partial charge is 0.302 e. The zero-order valence-corrected chi connectivity index (χ0v) is 20.2. The highest BCUT2D eigenvalue weighted by atomic mass is 35.5. The van der Waals surface area contributed by atoms with E-state index in [0.29, 0.717) is 22.6 Å². The van der Waals surface area contributed by atoms with Crippen LogP contribution in [0.25, 0.3) is 11.3 Å². The molecule has 32 heavy (non-hydrogen) atoms. The number of nitrogens with zero attached hydrogens (tertiary/aromatic N) is 4. The summed E-state index contributed by atoms with van der Waals surface area (Å²) < 4.78 is 2.08. The second kappa shape index (κ2) is 11.1. The van der Waals surface area contributed by atoms with Crippen molar-refractivity contribution in [3.63, 3.8) is 0 Å². The highest BCUT2D eigenvalue weighted by Gasteiger charge is 2.20. The van der Waals surface area contributed by atoms with Gasteiger partial charge < -0.3 is 9.88 Å². The summed E-state index contributed by atoms with van der Waals surface area (Å²) in [7, 11) is 0. The van der Waals surface area contributed by atoms with Crippen molar-refractivity contribution in [3.05, 3.63) is 53.1 Å². The fourth-order valence-corrected chi connectivity index (χ4v) is 5.54. The topological polar surface area (TPSA) is 72.7 Å². The van der Waals surface area contributed by atoms with Gasteiger partial charge in [-0.25, -0.2) is 4.98 Å². The minimum atomic E-state index is -0.117. The van der Waals surface area contributed by atoms with Gasteiger partial charge >= 0.3 is 0 Å². The first-order valence-corrected chi connectivity index (χ1v) is 13.0. The Labute approximate surface area is 201 Å². The SMILES string of the molecule is C=CCn1c(CC2CCCCC2)nnc1SCC(=O)Nc1nc(-c2ccc(Cl)cc2)cs1. The van der Waals surface area contributed by atoms with Gasteiger partial charge in [0.1, 0.15) is 5.82 Å². The van der Waals surface area contributed by atoms with Crippen LogP contribution in [0.15, 0.2) is 47.5 Å². The molecule has 0 spiro atoms. The standard InChI is InChI=1S/C23H26ClN5OS2/c1-2-12-29-20(13-16-6-4-3-5-7-16)27-28-23(29)32-15-21(30)26-22-25-19(14-31-22)17-8-10-18(24)11-9-17/h2,8-11,14,16H,1,3-7,12-13,15H2,(H,25,26,30). The van der Waals surface area contributed by atoms with Crippen molar-refractivity contribution in [2.75, 3.05) is 11.1 Å². The average molecular weight is 488 g/mol. The Morgan fingerprint density at radius 3 is 2.78 bits per heavy atom. The van der Waals surface area contributed by atoms with Crippen LogP contribution in [-0.4, -0.2) is 31.4 Å². The number of anilines is 1. The number of rotatable bonds is 9. The van der Waals surface area contributed by atoms with Gasteiger partial charge in [-0.1, -0.05) is 73.7 Å². The highest BCUT2D eigenvalue weighted by Crippen LogP contribution is 2.28. The van der Waals surface area contributed by atoms with Gasteiger partial charge in [-0.2, -0.15) is 0 Å². The molecule has 4 rings (SSSR count). The van der Waals surface area contributed by atoms with Crippen molar-refractivity contribution >= 4 is 45.7 Å². The predicted molar refractivity (Wildman–Crippen MR) is 132 cm³/mol. The smallest absolute Gasteiger partial charge is 0.236 e. The number of carbonyl (C=O) groups is 1. The third kappa shape index (κ3) is 5.99. The number of hydrogen-bond acceptors (Lipinski definition) is 6. The molecule has 6 nitrogen and oxygen atoms in total. The van der Waals surface area contributed by atoms with Crippen molar-refractivity contribution in [1.29, 1.82) is 0 Å². The highest BCUT2D eigenvalue weighted by molar-refractivity contribution is 7.99. The zero-order valence-electron chi connectivity index (χ0n) is 17.8. The van der Waals surface area contributed by atoms with Crippen LogP contribution in [0, 0.1) is 5.92 Å². The first-order chi connectivity index (χ1) is 15.6. The second-order valence-corrected chi connectivity index (χ2v) is 10.1. The van der Waals surface area contributed by atoms with Crippen LogP contribution in [0.4, 0.5) is 5.13 Å². The van der Waals surface area contributed by atoms with E-state index in [1.165, 1.54) is 55.2 Å². The molecule has 1 aromatic carbocycles. The Morgan fingerprint density at radius 1 is 1.25 bits per heavy atom. The first-order valence-electron chi connectivity index (χ1n) is 10.8. The van der Waals surface area contributed by atoms with Crippen LogP contribution in [0.5, 0.6) is 0 Å². The van der Waals surface area contributed by atoms with Crippen LogP contribution >= 0.6 is 34.7 Å². The van der Waals surface area contributed by atoms with Crippen molar-refractivity contribution < 1.29 is 4.79 Å². The monoisotopic (exact) mass is 487 g/mol. The van der Waals surface area contributed by atoms with E-state index in [-0.39, 0.29) is 11.7 Å². The maximum atomic E-state index is 12.5. The van der Waals surface area contributed by atoms with E-state index >= 15 is 0 Å². The van der Waals surface area contributed by atoms with Gasteiger partial charge in [0.2, 0.25) is 5.91 Å². The minimum absolute atomic E-state index is 0.117. The fraction of sp³-hybridized carbons (Fsp3) is 0.391. The van der Waals surface area contributed by atoms with Crippen molar-refractivity contribution in [2.45, 2.75) is 50.2 Å². The Morgan fingerprint density at radius 2 is 2.03 bits per heavy atom. The summed E-state index contributed by atoms with van der Waals surface area (Å²) in [5, 5.41) is 15.6. The quantitative estimate of drug-likeness (QED) is 0.292. The Kier molecular flexibility index (Phi) is 8.00. The third-order valence-electron chi connectivity index (χ3n) is 5.52. The number of aromatic nitrogens is 4. The third-order valence-corrected chi connectivity index (χ3v) is 7.50. The molecule has 2 heterocycles. The number of allylic oxidation sites excluding steroid dienone is 1. The molecule has 1 fully saturated rings. The number of nitrogens with one attached hydrogen (secondary N) is 1.